The van der Waals surface area contributed by atoms with Crippen molar-refractivity contribution in [1.29, 1.82) is 0 Å². The lowest BCUT2D eigenvalue weighted by Crippen LogP contribution is -2.07. The van der Waals surface area contributed by atoms with Gasteiger partial charge >= 0.3 is 5.97 Å². The summed E-state index contributed by atoms with van der Waals surface area (Å²) >= 11 is 6.48. The van der Waals surface area contributed by atoms with Gasteiger partial charge in [0.15, 0.2) is 0 Å². The average Bonchev–Trinajstić information content (AvgIpc) is 2.20. The number of hydrogen-bond acceptors (Lipinski definition) is 3. The molecule has 0 unspecified atom stereocenters. The van der Waals surface area contributed by atoms with Gasteiger partial charge in [-0.15, -0.1) is 0 Å². The standard InChI is InChI=1S/C9H7Br2NO3/c1-15-9(14)6-2-5(10)3-7(11)8(6)12-4-13/h2-4H,1H3,(H,12,13). The summed E-state index contributed by atoms with van der Waals surface area (Å²) in [4.78, 5) is 21.8. The maximum absolute atomic E-state index is 11.4. The highest BCUT2D eigenvalue weighted by Crippen LogP contribution is 2.30. The van der Waals surface area contributed by atoms with Crippen LogP contribution in [-0.2, 0) is 9.53 Å². The average molecular weight is 337 g/mol. The van der Waals surface area contributed by atoms with E-state index in [0.717, 1.165) is 0 Å². The minimum absolute atomic E-state index is 0.283. The summed E-state index contributed by atoms with van der Waals surface area (Å²) in [5.74, 6) is -0.513. The van der Waals surface area contributed by atoms with Gasteiger partial charge in [-0.1, -0.05) is 15.9 Å². The molecule has 1 amide bonds. The molecule has 0 saturated heterocycles. The lowest BCUT2D eigenvalue weighted by Gasteiger charge is -2.09. The first-order valence-electron chi connectivity index (χ1n) is 3.87. The van der Waals surface area contributed by atoms with Gasteiger partial charge in [0, 0.05) is 8.95 Å². The Hall–Kier alpha value is -0.880. The molecule has 0 atom stereocenters. The van der Waals surface area contributed by atoms with Crippen molar-refractivity contribution in [3.05, 3.63) is 26.6 Å². The van der Waals surface area contributed by atoms with Gasteiger partial charge in [-0.05, 0) is 28.1 Å². The van der Waals surface area contributed by atoms with Crippen molar-refractivity contribution in [1.82, 2.24) is 0 Å². The predicted octanol–water partition coefficient (Wildman–Crippen LogP) is 2.57. The highest BCUT2D eigenvalue weighted by atomic mass is 79.9. The van der Waals surface area contributed by atoms with Crippen LogP contribution in [0.4, 0.5) is 5.69 Å². The summed E-state index contributed by atoms with van der Waals surface area (Å²) in [6.07, 6.45) is 0.500. The maximum atomic E-state index is 11.4. The number of halogens is 2. The number of carbonyl (C=O) groups is 2. The first kappa shape index (κ1) is 12.2. The van der Waals surface area contributed by atoms with Gasteiger partial charge in [0.05, 0.1) is 18.4 Å². The first-order valence-corrected chi connectivity index (χ1v) is 5.46. The number of nitrogens with one attached hydrogen (secondary N) is 1. The van der Waals surface area contributed by atoms with Crippen molar-refractivity contribution in [2.24, 2.45) is 0 Å². The molecule has 1 N–H and O–H groups in total. The molecule has 0 aromatic heterocycles. The van der Waals surface area contributed by atoms with Gasteiger partial charge in [0.2, 0.25) is 6.41 Å². The van der Waals surface area contributed by atoms with Crippen LogP contribution in [-0.4, -0.2) is 19.5 Å². The summed E-state index contributed by atoms with van der Waals surface area (Å²) in [5.41, 5.74) is 0.672. The minimum atomic E-state index is -0.513. The number of amides is 1. The number of methoxy groups -OCH3 is 1. The molecule has 4 nitrogen and oxygen atoms in total. The molecule has 0 aliphatic carbocycles. The number of benzene rings is 1. The fourth-order valence-corrected chi connectivity index (χ4v) is 2.39. The molecule has 0 heterocycles. The van der Waals surface area contributed by atoms with Crippen LogP contribution in [0.1, 0.15) is 10.4 Å². The van der Waals surface area contributed by atoms with E-state index in [2.05, 4.69) is 41.9 Å². The second kappa shape index (κ2) is 5.27. The topological polar surface area (TPSA) is 55.4 Å². The lowest BCUT2D eigenvalue weighted by atomic mass is 10.2. The number of ether oxygens (including phenoxy) is 1. The number of rotatable bonds is 3. The van der Waals surface area contributed by atoms with Gasteiger partial charge in [0.25, 0.3) is 0 Å². The third kappa shape index (κ3) is 2.79. The summed E-state index contributed by atoms with van der Waals surface area (Å²) in [6.45, 7) is 0. The molecule has 0 saturated carbocycles. The van der Waals surface area contributed by atoms with E-state index in [1.54, 1.807) is 12.1 Å². The Morgan fingerprint density at radius 2 is 2.13 bits per heavy atom. The SMILES string of the molecule is COC(=O)c1cc(Br)cc(Br)c1NC=O. The molecular weight excluding hydrogens is 330 g/mol. The minimum Gasteiger partial charge on any atom is -0.465 e. The molecule has 0 bridgehead atoms. The Balaban J connectivity index is 3.32. The first-order chi connectivity index (χ1) is 7.10. The monoisotopic (exact) mass is 335 g/mol. The summed E-state index contributed by atoms with van der Waals surface area (Å²) in [7, 11) is 1.28. The van der Waals surface area contributed by atoms with Crippen LogP contribution < -0.4 is 5.32 Å². The number of esters is 1. The number of anilines is 1. The molecule has 1 aromatic rings. The van der Waals surface area contributed by atoms with Crippen LogP contribution in [0.5, 0.6) is 0 Å². The molecule has 80 valence electrons. The van der Waals surface area contributed by atoms with Crippen LogP contribution in [0.15, 0.2) is 21.1 Å². The van der Waals surface area contributed by atoms with E-state index in [4.69, 9.17) is 0 Å². The quantitative estimate of drug-likeness (QED) is 0.681. The molecule has 0 aliphatic rings. The van der Waals surface area contributed by atoms with Crippen LogP contribution >= 0.6 is 31.9 Å². The molecule has 0 spiro atoms. The highest BCUT2D eigenvalue weighted by Gasteiger charge is 2.15. The van der Waals surface area contributed by atoms with Crippen molar-refractivity contribution in [3.63, 3.8) is 0 Å². The summed E-state index contributed by atoms with van der Waals surface area (Å²) in [6, 6.07) is 3.29. The largest absolute Gasteiger partial charge is 0.465 e. The third-order valence-electron chi connectivity index (χ3n) is 1.66. The van der Waals surface area contributed by atoms with Crippen molar-refractivity contribution in [2.75, 3.05) is 12.4 Å². The van der Waals surface area contributed by atoms with Crippen molar-refractivity contribution in [3.8, 4) is 0 Å². The van der Waals surface area contributed by atoms with E-state index in [1.807, 2.05) is 0 Å². The van der Waals surface area contributed by atoms with E-state index in [-0.39, 0.29) is 5.56 Å². The Bertz CT molecular complexity index is 407. The fourth-order valence-electron chi connectivity index (χ4n) is 1.05. The number of carbonyl (C=O) groups excluding carboxylic acids is 2. The Kier molecular flexibility index (Phi) is 4.28. The van der Waals surface area contributed by atoms with E-state index in [0.29, 0.717) is 21.0 Å². The molecular formula is C9H7Br2NO3. The molecule has 15 heavy (non-hydrogen) atoms. The molecule has 0 radical (unpaired) electrons. The van der Waals surface area contributed by atoms with Crippen LogP contribution in [0.2, 0.25) is 0 Å². The molecule has 1 rings (SSSR count). The van der Waals surface area contributed by atoms with Crippen molar-refractivity contribution in [2.45, 2.75) is 0 Å². The second-order valence-corrected chi connectivity index (χ2v) is 4.33. The molecule has 0 fully saturated rings. The lowest BCUT2D eigenvalue weighted by molar-refractivity contribution is -0.105. The zero-order valence-corrected chi connectivity index (χ0v) is 10.9. The van der Waals surface area contributed by atoms with Gasteiger partial charge in [-0.25, -0.2) is 4.79 Å². The van der Waals surface area contributed by atoms with Gasteiger partial charge in [-0.2, -0.15) is 0 Å². The Morgan fingerprint density at radius 1 is 1.47 bits per heavy atom. The van der Waals surface area contributed by atoms with Crippen molar-refractivity contribution >= 4 is 49.9 Å². The summed E-state index contributed by atoms with van der Waals surface area (Å²) < 4.78 is 5.91. The molecule has 6 heteroatoms. The van der Waals surface area contributed by atoms with E-state index in [9.17, 15) is 9.59 Å². The number of hydrogen-bond donors (Lipinski definition) is 1. The van der Waals surface area contributed by atoms with Gasteiger partial charge < -0.3 is 10.1 Å². The second-order valence-electron chi connectivity index (χ2n) is 2.56. The molecule has 1 aromatic carbocycles. The zero-order valence-electron chi connectivity index (χ0n) is 7.71. The normalized spacial score (nSPS) is 9.53. The summed E-state index contributed by atoms with van der Waals surface area (Å²) in [5, 5.41) is 2.44. The smallest absolute Gasteiger partial charge is 0.340 e. The maximum Gasteiger partial charge on any atom is 0.340 e. The van der Waals surface area contributed by atoms with E-state index in [1.165, 1.54) is 7.11 Å². The Morgan fingerprint density at radius 3 is 2.67 bits per heavy atom. The van der Waals surface area contributed by atoms with E-state index < -0.39 is 5.97 Å². The van der Waals surface area contributed by atoms with Crippen LogP contribution in [0, 0.1) is 0 Å². The Labute approximate surface area is 103 Å². The molecule has 0 aliphatic heterocycles. The van der Waals surface area contributed by atoms with Gasteiger partial charge in [-0.3, -0.25) is 4.79 Å². The zero-order chi connectivity index (χ0) is 11.4. The van der Waals surface area contributed by atoms with E-state index >= 15 is 0 Å². The van der Waals surface area contributed by atoms with Crippen molar-refractivity contribution < 1.29 is 14.3 Å². The van der Waals surface area contributed by atoms with Gasteiger partial charge in [0.1, 0.15) is 0 Å². The van der Waals surface area contributed by atoms with Crippen LogP contribution in [0.25, 0.3) is 0 Å². The fraction of sp³-hybridized carbons (Fsp3) is 0.111. The predicted molar refractivity (Wildman–Crippen MR) is 62.9 cm³/mol. The van der Waals surface area contributed by atoms with Crippen LogP contribution in [0.3, 0.4) is 0 Å². The highest BCUT2D eigenvalue weighted by molar-refractivity contribution is 9.11. The third-order valence-corrected chi connectivity index (χ3v) is 2.75.